The molecule has 0 aromatic rings. The number of hydrogen-bond donors (Lipinski definition) is 6. The third kappa shape index (κ3) is 7.55. The van der Waals surface area contributed by atoms with E-state index in [1.165, 1.54) is 0 Å². The van der Waals surface area contributed by atoms with Crippen LogP contribution >= 0.6 is 0 Å². The molecule has 0 rings (SSSR count). The minimum absolute atomic E-state index is 1.24. The quantitative estimate of drug-likeness (QED) is 0.224. The molecule has 8 nitrogen and oxygen atoms in total. The number of amides is 1. The molecule has 8 heteroatoms. The average molecular weight is 329 g/mol. The summed E-state index contributed by atoms with van der Waals surface area (Å²) in [6.07, 6.45) is -4.29. The molecule has 0 aliphatic heterocycles. The second-order valence-electron chi connectivity index (χ2n) is 3.84. The third-order valence-electron chi connectivity index (χ3n) is 2.21. The van der Waals surface area contributed by atoms with Crippen LogP contribution in [0.4, 0.5) is 0 Å². The summed E-state index contributed by atoms with van der Waals surface area (Å²) in [7, 11) is 0. The van der Waals surface area contributed by atoms with Crippen LogP contribution in [0.2, 0.25) is 0 Å². The Kier molecular flexibility index (Phi) is 9.59. The summed E-state index contributed by atoms with van der Waals surface area (Å²) >= 11 is 0. The molecule has 0 saturated carbocycles. The Labute approximate surface area is 137 Å². The van der Waals surface area contributed by atoms with Gasteiger partial charge >= 0.3 is 5.97 Å². The molecular formula is C16H11NO7. The van der Waals surface area contributed by atoms with Crippen molar-refractivity contribution in [1.29, 1.82) is 0 Å². The number of rotatable bonds is 5. The molecule has 0 aliphatic carbocycles. The van der Waals surface area contributed by atoms with E-state index in [4.69, 9.17) is 16.6 Å². The fourth-order valence-corrected chi connectivity index (χ4v) is 1.07. The number of aliphatic hydroxyl groups is 4. The van der Waals surface area contributed by atoms with Crippen LogP contribution < -0.4 is 5.32 Å². The van der Waals surface area contributed by atoms with E-state index in [0.29, 0.717) is 0 Å². The number of carboxylic acid groups (broad SMARTS) is 1. The molecule has 0 fully saturated rings. The van der Waals surface area contributed by atoms with Gasteiger partial charge in [-0.15, -0.1) is 6.42 Å². The monoisotopic (exact) mass is 329 g/mol. The van der Waals surface area contributed by atoms with Crippen LogP contribution in [0.5, 0.6) is 0 Å². The van der Waals surface area contributed by atoms with Crippen LogP contribution in [0.1, 0.15) is 0 Å². The van der Waals surface area contributed by atoms with Crippen molar-refractivity contribution >= 4 is 11.9 Å². The number of carbonyl (C=O) groups is 2. The first-order valence-corrected chi connectivity index (χ1v) is 6.03. The lowest BCUT2D eigenvalue weighted by molar-refractivity contribution is -0.166. The van der Waals surface area contributed by atoms with E-state index in [1.807, 2.05) is 17.3 Å². The highest BCUT2D eigenvalue weighted by Gasteiger charge is 2.37. The van der Waals surface area contributed by atoms with Crippen LogP contribution in [-0.4, -0.2) is 61.8 Å². The minimum atomic E-state index is -2.38. The number of nitrogens with one attached hydrogen (secondary N) is 1. The Balaban J connectivity index is 4.61. The molecule has 0 heterocycles. The molecule has 0 aromatic carbocycles. The van der Waals surface area contributed by atoms with Gasteiger partial charge in [-0.2, -0.15) is 0 Å². The van der Waals surface area contributed by atoms with Gasteiger partial charge in [0.25, 0.3) is 5.91 Å². The lowest BCUT2D eigenvalue weighted by atomic mass is 10.0. The van der Waals surface area contributed by atoms with Crippen LogP contribution in [0, 0.1) is 59.8 Å². The van der Waals surface area contributed by atoms with Crippen molar-refractivity contribution < 1.29 is 35.1 Å². The van der Waals surface area contributed by atoms with Gasteiger partial charge in [0, 0.05) is 29.7 Å². The molecule has 24 heavy (non-hydrogen) atoms. The molecule has 0 bridgehead atoms. The first-order valence-electron chi connectivity index (χ1n) is 6.03. The molecule has 1 amide bonds. The van der Waals surface area contributed by atoms with Crippen LogP contribution in [0.3, 0.4) is 0 Å². The Morgan fingerprint density at radius 2 is 1.25 bits per heavy atom. The van der Waals surface area contributed by atoms with Crippen LogP contribution in [0.15, 0.2) is 0 Å². The Bertz CT molecular complexity index is 765. The normalized spacial score (nSPS) is 13.1. The van der Waals surface area contributed by atoms with Crippen molar-refractivity contribution in [3.63, 3.8) is 0 Å². The van der Waals surface area contributed by atoms with E-state index in [-0.39, 0.29) is 0 Å². The second-order valence-corrected chi connectivity index (χ2v) is 3.84. The Hall–Kier alpha value is -3.42. The standard InChI is InChI=1S/C16H11NO7/c1-2-3-4-5-6-7-8-9-10-17-15(22)13(20)11(18)12(19)14(21)16(23)24/h1,11-14,18-21H,(H,17,22)(H,23,24)/t11-,12-,13+,14-/m1/s1. The summed E-state index contributed by atoms with van der Waals surface area (Å²) in [6.45, 7) is 0. The largest absolute Gasteiger partial charge is 0.479 e. The maximum atomic E-state index is 11.4. The van der Waals surface area contributed by atoms with Gasteiger partial charge in [0.15, 0.2) is 12.2 Å². The number of hydrogen-bond acceptors (Lipinski definition) is 6. The first kappa shape index (κ1) is 20.6. The van der Waals surface area contributed by atoms with Gasteiger partial charge in [0.2, 0.25) is 0 Å². The molecular weight excluding hydrogens is 318 g/mol. The van der Waals surface area contributed by atoms with Crippen molar-refractivity contribution in [3.8, 4) is 59.8 Å². The van der Waals surface area contributed by atoms with Crippen LogP contribution in [0.25, 0.3) is 0 Å². The zero-order valence-corrected chi connectivity index (χ0v) is 11.9. The van der Waals surface area contributed by atoms with Crippen molar-refractivity contribution in [1.82, 2.24) is 5.32 Å². The summed E-state index contributed by atoms with van der Waals surface area (Å²) in [6, 6.07) is 2.02. The summed E-state index contributed by atoms with van der Waals surface area (Å²) in [4.78, 5) is 21.8. The number of carboxylic acids is 1. The SMILES string of the molecule is C#CC#CC#CC#CC#CNC(=O)[C@@H](O)[C@H](O)[C@@H](O)[C@@H](O)C(=O)O. The van der Waals surface area contributed by atoms with Gasteiger partial charge < -0.3 is 25.5 Å². The fourth-order valence-electron chi connectivity index (χ4n) is 1.07. The molecule has 0 aliphatic rings. The molecule has 0 saturated heterocycles. The van der Waals surface area contributed by atoms with Crippen molar-refractivity contribution in [3.05, 3.63) is 0 Å². The van der Waals surface area contributed by atoms with E-state index in [1.54, 1.807) is 0 Å². The van der Waals surface area contributed by atoms with E-state index in [2.05, 4.69) is 41.4 Å². The summed E-state index contributed by atoms with van der Waals surface area (Å²) in [5, 5.41) is 47.4. The molecule has 0 aromatic heterocycles. The number of aliphatic hydroxyl groups excluding tert-OH is 4. The maximum absolute atomic E-state index is 11.4. The van der Waals surface area contributed by atoms with E-state index in [9.17, 15) is 24.9 Å². The number of carbonyl (C=O) groups excluding carboxylic acids is 1. The van der Waals surface area contributed by atoms with Gasteiger partial charge in [-0.3, -0.25) is 10.1 Å². The highest BCUT2D eigenvalue weighted by atomic mass is 16.4. The smallest absolute Gasteiger partial charge is 0.335 e. The average Bonchev–Trinajstić information content (AvgIpc) is 2.57. The Morgan fingerprint density at radius 3 is 1.75 bits per heavy atom. The molecule has 0 unspecified atom stereocenters. The predicted molar refractivity (Wildman–Crippen MR) is 79.7 cm³/mol. The topological polar surface area (TPSA) is 147 Å². The fraction of sp³-hybridized carbons (Fsp3) is 0.250. The van der Waals surface area contributed by atoms with Gasteiger partial charge in [-0.05, 0) is 23.7 Å². The van der Waals surface area contributed by atoms with Gasteiger partial charge in [-0.1, -0.05) is 0 Å². The maximum Gasteiger partial charge on any atom is 0.335 e. The Morgan fingerprint density at radius 1 is 0.792 bits per heavy atom. The van der Waals surface area contributed by atoms with Gasteiger partial charge in [0.05, 0.1) is 0 Å². The van der Waals surface area contributed by atoms with Gasteiger partial charge in [-0.25, -0.2) is 4.79 Å². The highest BCUT2D eigenvalue weighted by molar-refractivity contribution is 5.83. The second kappa shape index (κ2) is 11.2. The zero-order valence-electron chi connectivity index (χ0n) is 11.9. The summed E-state index contributed by atoms with van der Waals surface area (Å²) in [5.74, 6) is 14.7. The van der Waals surface area contributed by atoms with E-state index in [0.717, 1.165) is 0 Å². The van der Waals surface area contributed by atoms with Crippen molar-refractivity contribution in [2.75, 3.05) is 0 Å². The number of terminal acetylenes is 1. The lowest BCUT2D eigenvalue weighted by Gasteiger charge is -2.23. The molecule has 4 atom stereocenters. The number of aliphatic carboxylic acids is 1. The third-order valence-corrected chi connectivity index (χ3v) is 2.21. The van der Waals surface area contributed by atoms with Crippen molar-refractivity contribution in [2.24, 2.45) is 0 Å². The van der Waals surface area contributed by atoms with E-state index < -0.39 is 36.3 Å². The van der Waals surface area contributed by atoms with Crippen molar-refractivity contribution in [2.45, 2.75) is 24.4 Å². The molecule has 0 spiro atoms. The highest BCUT2D eigenvalue weighted by Crippen LogP contribution is 2.05. The minimum Gasteiger partial charge on any atom is -0.479 e. The molecule has 122 valence electrons. The predicted octanol–water partition coefficient (Wildman–Crippen LogP) is -3.76. The summed E-state index contributed by atoms with van der Waals surface area (Å²) < 4.78 is 0. The first-order chi connectivity index (χ1) is 11.3. The molecule has 0 radical (unpaired) electrons. The van der Waals surface area contributed by atoms with Crippen LogP contribution in [-0.2, 0) is 9.59 Å². The molecule has 6 N–H and O–H groups in total. The van der Waals surface area contributed by atoms with E-state index >= 15 is 0 Å². The van der Waals surface area contributed by atoms with Gasteiger partial charge in [0.1, 0.15) is 12.2 Å². The zero-order chi connectivity index (χ0) is 18.5. The lowest BCUT2D eigenvalue weighted by Crippen LogP contribution is -2.52. The summed E-state index contributed by atoms with van der Waals surface area (Å²) in [5.41, 5.74) is 0.